The molecule has 0 radical (unpaired) electrons. The van der Waals surface area contributed by atoms with Gasteiger partial charge in [-0.1, -0.05) is 44.2 Å². The lowest BCUT2D eigenvalue weighted by atomic mass is 10.1. The summed E-state index contributed by atoms with van der Waals surface area (Å²) in [5, 5.41) is 8.05. The third kappa shape index (κ3) is 3.26. The average molecular weight is 311 g/mol. The average Bonchev–Trinajstić information content (AvgIpc) is 2.91. The lowest BCUT2D eigenvalue weighted by Crippen LogP contribution is -2.16. The Bertz CT molecular complexity index is 850. The van der Waals surface area contributed by atoms with Gasteiger partial charge in [0.15, 0.2) is 5.65 Å². The molecule has 0 amide bonds. The largest absolute Gasteiger partial charge is 0.349 e. The van der Waals surface area contributed by atoms with Gasteiger partial charge in [0.1, 0.15) is 5.39 Å². The first-order valence-electron chi connectivity index (χ1n) is 7.82. The van der Waals surface area contributed by atoms with Crippen molar-refractivity contribution in [2.75, 3.05) is 5.32 Å². The summed E-state index contributed by atoms with van der Waals surface area (Å²) in [6.45, 7) is 6.98. The second kappa shape index (κ2) is 6.24. The Morgan fingerprint density at radius 1 is 1.22 bits per heavy atom. The second-order valence-corrected chi connectivity index (χ2v) is 6.15. The van der Waals surface area contributed by atoms with Gasteiger partial charge in [-0.05, 0) is 18.4 Å². The smallest absolute Gasteiger partial charge is 0.263 e. The van der Waals surface area contributed by atoms with Gasteiger partial charge in [0, 0.05) is 6.54 Å². The summed E-state index contributed by atoms with van der Waals surface area (Å²) in [5.41, 5.74) is 1.57. The Labute approximate surface area is 134 Å². The van der Waals surface area contributed by atoms with Gasteiger partial charge >= 0.3 is 0 Å². The quantitative estimate of drug-likeness (QED) is 0.759. The van der Waals surface area contributed by atoms with E-state index < -0.39 is 0 Å². The summed E-state index contributed by atoms with van der Waals surface area (Å²) < 4.78 is 1.79. The van der Waals surface area contributed by atoms with Crippen molar-refractivity contribution in [1.29, 1.82) is 0 Å². The molecule has 2 heterocycles. The van der Waals surface area contributed by atoms with Crippen LogP contribution in [0.4, 0.5) is 5.95 Å². The molecular weight excluding hydrogens is 290 g/mol. The van der Waals surface area contributed by atoms with Gasteiger partial charge in [0.05, 0.1) is 12.2 Å². The van der Waals surface area contributed by atoms with Crippen LogP contribution in [-0.4, -0.2) is 19.7 Å². The van der Waals surface area contributed by atoms with E-state index in [-0.39, 0.29) is 11.6 Å². The van der Waals surface area contributed by atoms with Crippen LogP contribution in [0.25, 0.3) is 11.0 Å². The highest BCUT2D eigenvalue weighted by Crippen LogP contribution is 2.17. The molecule has 2 N–H and O–H groups in total. The van der Waals surface area contributed by atoms with Crippen molar-refractivity contribution in [1.82, 2.24) is 19.7 Å². The first-order valence-corrected chi connectivity index (χ1v) is 7.82. The van der Waals surface area contributed by atoms with Crippen molar-refractivity contribution >= 4 is 17.0 Å². The van der Waals surface area contributed by atoms with Crippen molar-refractivity contribution < 1.29 is 0 Å². The molecule has 0 saturated carbocycles. The van der Waals surface area contributed by atoms with Gasteiger partial charge in [-0.15, -0.1) is 0 Å². The van der Waals surface area contributed by atoms with Crippen LogP contribution in [0, 0.1) is 5.92 Å². The molecule has 1 unspecified atom stereocenters. The Hall–Kier alpha value is -2.63. The van der Waals surface area contributed by atoms with E-state index in [1.807, 2.05) is 37.3 Å². The number of hydrogen-bond acceptors (Lipinski definition) is 4. The summed E-state index contributed by atoms with van der Waals surface area (Å²) >= 11 is 0. The second-order valence-electron chi connectivity index (χ2n) is 6.15. The number of rotatable bonds is 5. The van der Waals surface area contributed by atoms with Crippen LogP contribution in [0.3, 0.4) is 0 Å². The molecule has 1 aromatic carbocycles. The molecule has 0 spiro atoms. The number of nitrogens with zero attached hydrogens (tertiary/aromatic N) is 3. The molecule has 2 aromatic heterocycles. The molecule has 1 atom stereocenters. The maximum Gasteiger partial charge on any atom is 0.263 e. The number of H-pyrrole nitrogens is 1. The minimum atomic E-state index is -0.173. The van der Waals surface area contributed by atoms with E-state index in [4.69, 9.17) is 0 Å². The number of aromatic amines is 1. The minimum Gasteiger partial charge on any atom is -0.349 e. The molecule has 120 valence electrons. The molecule has 3 aromatic rings. The number of nitrogens with one attached hydrogen (secondary N) is 2. The van der Waals surface area contributed by atoms with E-state index in [0.717, 1.165) is 12.1 Å². The van der Waals surface area contributed by atoms with E-state index >= 15 is 0 Å². The molecule has 0 aliphatic rings. The fourth-order valence-electron chi connectivity index (χ4n) is 2.54. The maximum absolute atomic E-state index is 12.2. The fraction of sp³-hybridized carbons (Fsp3) is 0.353. The molecule has 0 fully saturated rings. The van der Waals surface area contributed by atoms with Crippen molar-refractivity contribution in [3.8, 4) is 0 Å². The van der Waals surface area contributed by atoms with Gasteiger partial charge in [-0.3, -0.25) is 9.78 Å². The van der Waals surface area contributed by atoms with Crippen LogP contribution in [0.2, 0.25) is 0 Å². The van der Waals surface area contributed by atoms with Gasteiger partial charge in [0.25, 0.3) is 5.56 Å². The third-order valence-electron chi connectivity index (χ3n) is 3.70. The predicted octanol–water partition coefficient (Wildman–Crippen LogP) is 2.95. The zero-order valence-corrected chi connectivity index (χ0v) is 13.6. The Morgan fingerprint density at radius 2 is 1.96 bits per heavy atom. The fourth-order valence-corrected chi connectivity index (χ4v) is 2.54. The Morgan fingerprint density at radius 3 is 2.65 bits per heavy atom. The highest BCUT2D eigenvalue weighted by molar-refractivity contribution is 5.74. The molecule has 0 bridgehead atoms. The predicted molar refractivity (Wildman–Crippen MR) is 91.5 cm³/mol. The summed E-state index contributed by atoms with van der Waals surface area (Å²) in [5.74, 6) is 0.892. The van der Waals surface area contributed by atoms with E-state index in [9.17, 15) is 4.79 Å². The van der Waals surface area contributed by atoms with Crippen molar-refractivity contribution in [2.24, 2.45) is 5.92 Å². The topological polar surface area (TPSA) is 75.6 Å². The zero-order valence-electron chi connectivity index (χ0n) is 13.6. The zero-order chi connectivity index (χ0) is 16.4. The van der Waals surface area contributed by atoms with Crippen LogP contribution < -0.4 is 10.9 Å². The van der Waals surface area contributed by atoms with E-state index in [2.05, 4.69) is 34.2 Å². The maximum atomic E-state index is 12.2. The van der Waals surface area contributed by atoms with Gasteiger partial charge in [-0.2, -0.15) is 10.1 Å². The summed E-state index contributed by atoms with van der Waals surface area (Å²) in [6, 6.07) is 10.1. The SMILES string of the molecule is CC(C)Cn1ncc2c(=O)[nH]c(NC(C)c3ccccc3)nc21. The van der Waals surface area contributed by atoms with E-state index in [1.54, 1.807) is 10.9 Å². The molecule has 3 rings (SSSR count). The standard InChI is InChI=1S/C17H21N5O/c1-11(2)10-22-15-14(9-18-22)16(23)21-17(20-15)19-12(3)13-7-5-4-6-8-13/h4-9,11-12H,10H2,1-3H3,(H2,19,20,21,23). The number of hydrogen-bond donors (Lipinski definition) is 2. The lowest BCUT2D eigenvalue weighted by Gasteiger charge is -2.14. The number of benzene rings is 1. The number of aromatic nitrogens is 4. The third-order valence-corrected chi connectivity index (χ3v) is 3.70. The van der Waals surface area contributed by atoms with Crippen LogP contribution in [-0.2, 0) is 6.54 Å². The van der Waals surface area contributed by atoms with Crippen LogP contribution in [0.5, 0.6) is 0 Å². The molecule has 6 heteroatoms. The van der Waals surface area contributed by atoms with Gasteiger partial charge in [-0.25, -0.2) is 4.68 Å². The van der Waals surface area contributed by atoms with Gasteiger partial charge in [0.2, 0.25) is 5.95 Å². The molecule has 0 saturated heterocycles. The number of anilines is 1. The number of fused-ring (bicyclic) bond motifs is 1. The van der Waals surface area contributed by atoms with Crippen molar-refractivity contribution in [3.63, 3.8) is 0 Å². The first kappa shape index (κ1) is 15.3. The van der Waals surface area contributed by atoms with Crippen LogP contribution >= 0.6 is 0 Å². The monoisotopic (exact) mass is 311 g/mol. The van der Waals surface area contributed by atoms with E-state index in [1.165, 1.54) is 0 Å². The molecule has 6 nitrogen and oxygen atoms in total. The van der Waals surface area contributed by atoms with Gasteiger partial charge < -0.3 is 5.32 Å². The van der Waals surface area contributed by atoms with Crippen molar-refractivity contribution in [3.05, 3.63) is 52.4 Å². The highest BCUT2D eigenvalue weighted by atomic mass is 16.1. The summed E-state index contributed by atoms with van der Waals surface area (Å²) in [7, 11) is 0. The van der Waals surface area contributed by atoms with E-state index in [0.29, 0.717) is 22.9 Å². The lowest BCUT2D eigenvalue weighted by molar-refractivity contribution is 0.492. The molecular formula is C17H21N5O. The summed E-state index contributed by atoms with van der Waals surface area (Å²) in [4.78, 5) is 19.6. The Kier molecular flexibility index (Phi) is 4.14. The molecule has 0 aliphatic carbocycles. The minimum absolute atomic E-state index is 0.0401. The van der Waals surface area contributed by atoms with Crippen LogP contribution in [0.15, 0.2) is 41.3 Å². The summed E-state index contributed by atoms with van der Waals surface area (Å²) in [6.07, 6.45) is 1.58. The molecule has 0 aliphatic heterocycles. The van der Waals surface area contributed by atoms with Crippen LogP contribution in [0.1, 0.15) is 32.4 Å². The highest BCUT2D eigenvalue weighted by Gasteiger charge is 2.12. The molecule has 23 heavy (non-hydrogen) atoms. The normalized spacial score (nSPS) is 12.7. The Balaban J connectivity index is 1.93. The first-order chi connectivity index (χ1) is 11.0. The van der Waals surface area contributed by atoms with Crippen molar-refractivity contribution in [2.45, 2.75) is 33.4 Å².